The number of imidazole rings is 1. The van der Waals surface area contributed by atoms with E-state index in [-0.39, 0.29) is 17.6 Å². The van der Waals surface area contributed by atoms with Gasteiger partial charge in [0.25, 0.3) is 0 Å². The normalized spacial score (nSPS) is 19.5. The van der Waals surface area contributed by atoms with Gasteiger partial charge in [0.15, 0.2) is 0 Å². The third-order valence-corrected chi connectivity index (χ3v) is 5.69. The van der Waals surface area contributed by atoms with Gasteiger partial charge in [-0.1, -0.05) is 18.5 Å². The van der Waals surface area contributed by atoms with Gasteiger partial charge >= 0.3 is 5.69 Å². The molecule has 0 spiro atoms. The Labute approximate surface area is 164 Å². The zero-order valence-electron chi connectivity index (χ0n) is 15.0. The standard InChI is InChI=1S/C19H16ClN7O/c1-10-8-26(18-13(20)4-11(5-21)6-24-18)9-15(10)27-16-12-2-3-22-17(12)23-7-14(16)25-19(27)28/h2-4,6-7,10,15H,8-9H2,1H3,(H,22,23)(H,25,28)/t10-,15-/m0/s1. The number of aromatic amines is 2. The Morgan fingerprint density at radius 3 is 2.96 bits per heavy atom. The number of rotatable bonds is 2. The number of hydrogen-bond acceptors (Lipinski definition) is 5. The largest absolute Gasteiger partial charge is 0.353 e. The lowest BCUT2D eigenvalue weighted by Gasteiger charge is -2.19. The molecule has 0 aromatic carbocycles. The first-order chi connectivity index (χ1) is 13.6. The third-order valence-electron chi connectivity index (χ3n) is 5.41. The number of nitrogens with zero attached hydrogens (tertiary/aromatic N) is 5. The predicted octanol–water partition coefficient (Wildman–Crippen LogP) is 2.82. The maximum Gasteiger partial charge on any atom is 0.326 e. The van der Waals surface area contributed by atoms with Gasteiger partial charge in [0, 0.05) is 30.9 Å². The van der Waals surface area contributed by atoms with Crippen LogP contribution in [0.4, 0.5) is 5.82 Å². The number of hydrogen-bond donors (Lipinski definition) is 2. The molecular formula is C19H16ClN7O. The minimum atomic E-state index is -0.150. The van der Waals surface area contributed by atoms with Crippen molar-refractivity contribution in [2.24, 2.45) is 5.92 Å². The van der Waals surface area contributed by atoms with Crippen molar-refractivity contribution in [3.8, 4) is 6.07 Å². The van der Waals surface area contributed by atoms with Crippen molar-refractivity contribution in [3.63, 3.8) is 0 Å². The van der Waals surface area contributed by atoms with E-state index in [0.717, 1.165) is 22.1 Å². The van der Waals surface area contributed by atoms with Gasteiger partial charge in [0.2, 0.25) is 0 Å². The van der Waals surface area contributed by atoms with Crippen LogP contribution in [0.15, 0.2) is 35.5 Å². The van der Waals surface area contributed by atoms with E-state index in [1.54, 1.807) is 12.3 Å². The SMILES string of the molecule is C[C@H]1CN(c2ncc(C#N)cc2Cl)C[C@@H]1n1c(=O)[nH]c2cnc3[nH]ccc3c21. The summed E-state index contributed by atoms with van der Waals surface area (Å²) in [5, 5.41) is 10.4. The average Bonchev–Trinajstić information content (AvgIpc) is 3.37. The highest BCUT2D eigenvalue weighted by Crippen LogP contribution is 2.35. The first-order valence-corrected chi connectivity index (χ1v) is 9.31. The van der Waals surface area contributed by atoms with Crippen LogP contribution in [-0.4, -0.2) is 37.6 Å². The fourth-order valence-corrected chi connectivity index (χ4v) is 4.41. The number of pyridine rings is 2. The van der Waals surface area contributed by atoms with Crippen molar-refractivity contribution in [3.05, 3.63) is 51.8 Å². The first kappa shape index (κ1) is 16.8. The van der Waals surface area contributed by atoms with Gasteiger partial charge in [-0.15, -0.1) is 0 Å². The van der Waals surface area contributed by atoms with Crippen molar-refractivity contribution < 1.29 is 0 Å². The van der Waals surface area contributed by atoms with Crippen LogP contribution in [0.5, 0.6) is 0 Å². The van der Waals surface area contributed by atoms with Crippen molar-refractivity contribution in [1.29, 1.82) is 5.26 Å². The fourth-order valence-electron chi connectivity index (χ4n) is 4.12. The molecule has 8 nitrogen and oxygen atoms in total. The van der Waals surface area contributed by atoms with Crippen LogP contribution < -0.4 is 10.6 Å². The van der Waals surface area contributed by atoms with Crippen molar-refractivity contribution >= 4 is 39.5 Å². The maximum atomic E-state index is 12.8. The Morgan fingerprint density at radius 1 is 1.32 bits per heavy atom. The van der Waals surface area contributed by atoms with Gasteiger partial charge in [-0.2, -0.15) is 5.26 Å². The van der Waals surface area contributed by atoms with Crippen LogP contribution in [0, 0.1) is 17.2 Å². The van der Waals surface area contributed by atoms with Gasteiger partial charge in [-0.3, -0.25) is 4.57 Å². The Hall–Kier alpha value is -3.31. The summed E-state index contributed by atoms with van der Waals surface area (Å²) in [5.74, 6) is 0.837. The van der Waals surface area contributed by atoms with E-state index in [4.69, 9.17) is 16.9 Å². The zero-order chi connectivity index (χ0) is 19.4. The Kier molecular flexibility index (Phi) is 3.67. The molecule has 0 unspecified atom stereocenters. The van der Waals surface area contributed by atoms with E-state index in [0.29, 0.717) is 29.5 Å². The molecule has 0 aliphatic carbocycles. The van der Waals surface area contributed by atoms with Crippen LogP contribution in [0.1, 0.15) is 18.5 Å². The second-order valence-electron chi connectivity index (χ2n) is 7.15. The molecule has 9 heteroatoms. The molecule has 28 heavy (non-hydrogen) atoms. The summed E-state index contributed by atoms with van der Waals surface area (Å²) in [4.78, 5) is 29.6. The highest BCUT2D eigenvalue weighted by Gasteiger charge is 2.35. The molecule has 4 aromatic rings. The van der Waals surface area contributed by atoms with Gasteiger partial charge in [-0.05, 0) is 18.1 Å². The summed E-state index contributed by atoms with van der Waals surface area (Å²) in [7, 11) is 0. The molecule has 2 atom stereocenters. The zero-order valence-corrected chi connectivity index (χ0v) is 15.7. The molecule has 140 valence electrons. The number of nitriles is 1. The molecule has 2 N–H and O–H groups in total. The summed E-state index contributed by atoms with van der Waals surface area (Å²) in [6.07, 6.45) is 5.03. The number of halogens is 1. The molecule has 4 aromatic heterocycles. The van der Waals surface area contributed by atoms with Crippen LogP contribution in [0.25, 0.3) is 22.1 Å². The highest BCUT2D eigenvalue weighted by molar-refractivity contribution is 6.33. The van der Waals surface area contributed by atoms with Gasteiger partial charge in [0.05, 0.1) is 33.9 Å². The molecule has 0 bridgehead atoms. The Balaban J connectivity index is 1.60. The monoisotopic (exact) mass is 393 g/mol. The Morgan fingerprint density at radius 2 is 2.18 bits per heavy atom. The van der Waals surface area contributed by atoms with Crippen molar-refractivity contribution in [2.75, 3.05) is 18.0 Å². The molecule has 5 rings (SSSR count). The maximum absolute atomic E-state index is 12.8. The van der Waals surface area contributed by atoms with Crippen LogP contribution in [0.3, 0.4) is 0 Å². The molecular weight excluding hydrogens is 378 g/mol. The molecule has 1 aliphatic heterocycles. The second-order valence-corrected chi connectivity index (χ2v) is 7.56. The number of fused-ring (bicyclic) bond motifs is 3. The topological polar surface area (TPSA) is 106 Å². The van der Waals surface area contributed by atoms with E-state index in [1.165, 1.54) is 6.20 Å². The first-order valence-electron chi connectivity index (χ1n) is 8.93. The van der Waals surface area contributed by atoms with Crippen molar-refractivity contribution in [1.82, 2.24) is 24.5 Å². The van der Waals surface area contributed by atoms with Crippen LogP contribution >= 0.6 is 11.6 Å². The number of H-pyrrole nitrogens is 2. The van der Waals surface area contributed by atoms with Gasteiger partial charge in [-0.25, -0.2) is 14.8 Å². The number of nitrogens with one attached hydrogen (secondary N) is 2. The van der Waals surface area contributed by atoms with Crippen LogP contribution in [0.2, 0.25) is 5.02 Å². The minimum absolute atomic E-state index is 0.0461. The van der Waals surface area contributed by atoms with E-state index >= 15 is 0 Å². The predicted molar refractivity (Wildman–Crippen MR) is 107 cm³/mol. The molecule has 1 aliphatic rings. The smallest absolute Gasteiger partial charge is 0.326 e. The van der Waals surface area contributed by atoms with Gasteiger partial charge in [0.1, 0.15) is 17.5 Å². The highest BCUT2D eigenvalue weighted by atomic mass is 35.5. The third kappa shape index (κ3) is 2.40. The second kappa shape index (κ2) is 6.11. The molecule has 0 amide bonds. The fraction of sp³-hybridized carbons (Fsp3) is 0.263. The molecule has 1 saturated heterocycles. The quantitative estimate of drug-likeness (QED) is 0.544. The molecule has 1 fully saturated rings. The summed E-state index contributed by atoms with van der Waals surface area (Å²) in [6.45, 7) is 3.42. The van der Waals surface area contributed by atoms with E-state index in [1.807, 2.05) is 22.9 Å². The summed E-state index contributed by atoms with van der Waals surface area (Å²) >= 11 is 6.36. The number of aromatic nitrogens is 5. The molecule has 0 saturated carbocycles. The minimum Gasteiger partial charge on any atom is -0.353 e. The lowest BCUT2D eigenvalue weighted by molar-refractivity contribution is 0.438. The van der Waals surface area contributed by atoms with E-state index in [9.17, 15) is 4.79 Å². The summed E-state index contributed by atoms with van der Waals surface area (Å²) < 4.78 is 1.83. The lowest BCUT2D eigenvalue weighted by Crippen LogP contribution is -2.27. The van der Waals surface area contributed by atoms with Crippen molar-refractivity contribution in [2.45, 2.75) is 13.0 Å². The number of anilines is 1. The molecule has 0 radical (unpaired) electrons. The Bertz CT molecular complexity index is 1310. The van der Waals surface area contributed by atoms with E-state index in [2.05, 4.69) is 31.8 Å². The lowest BCUT2D eigenvalue weighted by atomic mass is 10.1. The summed E-state index contributed by atoms with van der Waals surface area (Å²) in [5.41, 5.74) is 2.60. The average molecular weight is 394 g/mol. The van der Waals surface area contributed by atoms with E-state index < -0.39 is 0 Å². The van der Waals surface area contributed by atoms with Crippen LogP contribution in [-0.2, 0) is 0 Å². The van der Waals surface area contributed by atoms with Gasteiger partial charge < -0.3 is 14.9 Å². The molecule has 5 heterocycles. The summed E-state index contributed by atoms with van der Waals surface area (Å²) in [6, 6.07) is 5.55.